The first-order chi connectivity index (χ1) is 29.8. The van der Waals surface area contributed by atoms with Crippen LogP contribution in [0.2, 0.25) is 0 Å². The summed E-state index contributed by atoms with van der Waals surface area (Å²) in [7, 11) is -4.78. The van der Waals surface area contributed by atoms with E-state index in [1.807, 2.05) is 18.2 Å². The van der Waals surface area contributed by atoms with Crippen LogP contribution in [0.1, 0.15) is 23.1 Å². The molecule has 0 atom stereocenters. The normalized spacial score (nSPS) is 11.8. The molecular weight excluding hydrogens is 857 g/mol. The predicted molar refractivity (Wildman–Crippen MR) is 233 cm³/mol. The van der Waals surface area contributed by atoms with Gasteiger partial charge in [-0.05, 0) is 82.4 Å². The summed E-state index contributed by atoms with van der Waals surface area (Å²) in [5.74, 6) is 0.981. The van der Waals surface area contributed by atoms with Crippen molar-refractivity contribution in [1.29, 1.82) is 0 Å². The first-order valence-corrected chi connectivity index (χ1v) is 22.9. The van der Waals surface area contributed by atoms with Gasteiger partial charge in [-0.2, -0.15) is 9.10 Å². The van der Waals surface area contributed by atoms with Crippen molar-refractivity contribution in [2.24, 2.45) is 0 Å². The number of nitrogen functional groups attached to an aromatic ring is 1. The number of carboxylic acid groups (broad SMARTS) is 1. The quantitative estimate of drug-likeness (QED) is 0.0828. The van der Waals surface area contributed by atoms with Crippen molar-refractivity contribution in [3.63, 3.8) is 0 Å². The second-order valence-corrected chi connectivity index (χ2v) is 18.9. The van der Waals surface area contributed by atoms with Crippen molar-refractivity contribution in [2.45, 2.75) is 35.8 Å². The summed E-state index contributed by atoms with van der Waals surface area (Å²) in [5.41, 5.74) is 9.14. The van der Waals surface area contributed by atoms with E-state index >= 15 is 8.42 Å². The van der Waals surface area contributed by atoms with Crippen molar-refractivity contribution in [3.8, 4) is 39.8 Å². The lowest BCUT2D eigenvalue weighted by atomic mass is 9.98. The van der Waals surface area contributed by atoms with Crippen LogP contribution in [0, 0.1) is 0 Å². The summed E-state index contributed by atoms with van der Waals surface area (Å²) >= 11 is 1.24. The van der Waals surface area contributed by atoms with E-state index < -0.39 is 41.5 Å². The molecule has 20 heteroatoms. The lowest BCUT2D eigenvalue weighted by Gasteiger charge is -2.26. The van der Waals surface area contributed by atoms with E-state index in [-0.39, 0.29) is 54.7 Å². The fourth-order valence-electron chi connectivity index (χ4n) is 6.79. The van der Waals surface area contributed by atoms with Gasteiger partial charge in [0.25, 0.3) is 0 Å². The molecule has 62 heavy (non-hydrogen) atoms. The van der Waals surface area contributed by atoms with E-state index in [2.05, 4.69) is 25.7 Å². The fraction of sp³-hybridized carbons (Fsp3) is 0.214. The van der Waals surface area contributed by atoms with Gasteiger partial charge in [-0.1, -0.05) is 65.9 Å². The number of thiazole rings is 1. The molecular formula is C42H42N8O9S3. The Morgan fingerprint density at radius 3 is 1.94 bits per heavy atom. The molecule has 5 aromatic carbocycles. The summed E-state index contributed by atoms with van der Waals surface area (Å²) in [5, 5.41) is 25.0. The minimum atomic E-state index is -4.89. The molecule has 0 aliphatic heterocycles. The second kappa shape index (κ2) is 18.6. The lowest BCUT2D eigenvalue weighted by molar-refractivity contribution is 0.194. The minimum Gasteiger partial charge on any atom is -0.497 e. The average Bonchev–Trinajstić information content (AvgIpc) is 3.90. The van der Waals surface area contributed by atoms with E-state index in [0.717, 1.165) is 5.56 Å². The first kappa shape index (κ1) is 43.5. The number of sulfone groups is 1. The lowest BCUT2D eigenvalue weighted by Crippen LogP contribution is -2.32. The van der Waals surface area contributed by atoms with Crippen LogP contribution in [0.15, 0.2) is 113 Å². The third kappa shape index (κ3) is 9.62. The number of methoxy groups -OCH3 is 3. The molecule has 0 radical (unpaired) electrons. The van der Waals surface area contributed by atoms with E-state index in [0.29, 0.717) is 44.2 Å². The third-order valence-corrected chi connectivity index (χ3v) is 14.5. The van der Waals surface area contributed by atoms with Crippen LogP contribution in [0.25, 0.3) is 32.7 Å². The molecule has 0 aliphatic carbocycles. The average molecular weight is 899 g/mol. The number of sulfonamides is 1. The number of tetrazole rings is 1. The van der Waals surface area contributed by atoms with Crippen LogP contribution in [0.5, 0.6) is 17.2 Å². The molecule has 0 saturated heterocycles. The Balaban J connectivity index is 1.49. The standard InChI is InChI=1S/C42H42N8O9S3/c1-57-30-14-8-27(9-15-30)24-49(25-28-10-16-31(58-2)17-11-28)62(55,56)39-36(61(53,54)23-5-22-44-42(51)52)21-20-33(34-6-4-7-35-38(34)45-41(43)60-35)37(39)40-46-48-50(47-40)26-29-12-18-32(59-3)19-13-29/h4,6-21,44H,5,22-26H2,1-3H3,(H2,43,45)(H,51,52). The zero-order valence-corrected chi connectivity index (χ0v) is 36.2. The van der Waals surface area contributed by atoms with Crippen LogP contribution in [-0.4, -0.2) is 91.2 Å². The molecule has 0 bridgehead atoms. The molecule has 17 nitrogen and oxygen atoms in total. The maximum atomic E-state index is 15.9. The topological polar surface area (TPSA) is 231 Å². The molecule has 322 valence electrons. The van der Waals surface area contributed by atoms with Gasteiger partial charge in [0.2, 0.25) is 15.8 Å². The smallest absolute Gasteiger partial charge is 0.404 e. The van der Waals surface area contributed by atoms with Gasteiger partial charge in [-0.3, -0.25) is 0 Å². The van der Waals surface area contributed by atoms with Gasteiger partial charge in [0.05, 0.1) is 54.3 Å². The zero-order valence-electron chi connectivity index (χ0n) is 33.8. The molecule has 2 aromatic heterocycles. The number of anilines is 1. The van der Waals surface area contributed by atoms with Crippen LogP contribution < -0.4 is 25.3 Å². The van der Waals surface area contributed by atoms with Crippen molar-refractivity contribution in [3.05, 3.63) is 120 Å². The minimum absolute atomic E-state index is 0.127. The highest BCUT2D eigenvalue weighted by molar-refractivity contribution is 7.93. The summed E-state index contributed by atoms with van der Waals surface area (Å²) in [6.45, 7) is -0.459. The number of hydrogen-bond donors (Lipinski definition) is 3. The third-order valence-electron chi connectivity index (χ3n) is 9.84. The van der Waals surface area contributed by atoms with Crippen molar-refractivity contribution in [2.75, 3.05) is 39.4 Å². The number of nitrogens with one attached hydrogen (secondary N) is 1. The van der Waals surface area contributed by atoms with Crippen LogP contribution in [0.3, 0.4) is 0 Å². The Labute approximate surface area is 361 Å². The van der Waals surface area contributed by atoms with Gasteiger partial charge in [0, 0.05) is 25.2 Å². The van der Waals surface area contributed by atoms with Gasteiger partial charge >= 0.3 is 6.09 Å². The Morgan fingerprint density at radius 1 is 0.790 bits per heavy atom. The summed E-state index contributed by atoms with van der Waals surface area (Å²) in [6, 6.07) is 28.9. The van der Waals surface area contributed by atoms with Crippen molar-refractivity contribution in [1.82, 2.24) is 34.8 Å². The number of nitrogens with two attached hydrogens (primary N) is 1. The van der Waals surface area contributed by atoms with Gasteiger partial charge < -0.3 is 30.4 Å². The van der Waals surface area contributed by atoms with Gasteiger partial charge in [0.1, 0.15) is 22.1 Å². The largest absolute Gasteiger partial charge is 0.497 e. The summed E-state index contributed by atoms with van der Waals surface area (Å²) in [6.07, 6.45) is -1.48. The molecule has 7 aromatic rings. The Bertz CT molecular complexity index is 2870. The number of amides is 1. The molecule has 0 aliphatic rings. The number of rotatable bonds is 18. The number of aromatic nitrogens is 5. The Kier molecular flexibility index (Phi) is 13.0. The van der Waals surface area contributed by atoms with E-state index in [1.54, 1.807) is 79.9 Å². The van der Waals surface area contributed by atoms with E-state index in [1.165, 1.54) is 46.8 Å². The van der Waals surface area contributed by atoms with Gasteiger partial charge in [-0.25, -0.2) is 26.6 Å². The summed E-state index contributed by atoms with van der Waals surface area (Å²) < 4.78 is 78.8. The highest BCUT2D eigenvalue weighted by Crippen LogP contribution is 2.44. The van der Waals surface area contributed by atoms with Gasteiger partial charge in [0.15, 0.2) is 15.0 Å². The van der Waals surface area contributed by atoms with Crippen LogP contribution >= 0.6 is 11.3 Å². The fourth-order valence-corrected chi connectivity index (χ4v) is 11.3. The maximum Gasteiger partial charge on any atom is 0.404 e. The Hall–Kier alpha value is -6.61. The maximum absolute atomic E-state index is 15.9. The van der Waals surface area contributed by atoms with E-state index in [9.17, 15) is 18.3 Å². The SMILES string of the molecule is COc1ccc(CN(Cc2ccc(OC)cc2)S(=O)(=O)c2c(S(=O)(=O)CCCNC(=O)O)ccc(-c3cccc4sc(N)nc34)c2-c2nnn(Cc3ccc(OC)cc3)n2)cc1. The van der Waals surface area contributed by atoms with Crippen molar-refractivity contribution < 1.29 is 40.9 Å². The van der Waals surface area contributed by atoms with Crippen LogP contribution in [0.4, 0.5) is 9.93 Å². The molecule has 2 heterocycles. The number of hydrogen-bond acceptors (Lipinski definition) is 14. The summed E-state index contributed by atoms with van der Waals surface area (Å²) in [4.78, 5) is 16.0. The molecule has 1 amide bonds. The number of ether oxygens (including phenoxy) is 3. The van der Waals surface area contributed by atoms with E-state index in [4.69, 9.17) is 19.9 Å². The monoisotopic (exact) mass is 898 g/mol. The number of fused-ring (bicyclic) bond motifs is 1. The number of benzene rings is 5. The first-order valence-electron chi connectivity index (χ1n) is 19.0. The van der Waals surface area contributed by atoms with Crippen LogP contribution in [-0.2, 0) is 39.5 Å². The van der Waals surface area contributed by atoms with Gasteiger partial charge in [-0.15, -0.1) is 10.2 Å². The number of carbonyl (C=O) groups is 1. The Morgan fingerprint density at radius 2 is 1.37 bits per heavy atom. The predicted octanol–water partition coefficient (Wildman–Crippen LogP) is 6.10. The molecule has 0 spiro atoms. The number of nitrogens with zero attached hydrogens (tertiary/aromatic N) is 6. The van der Waals surface area contributed by atoms with Crippen molar-refractivity contribution >= 4 is 52.6 Å². The molecule has 4 N–H and O–H groups in total. The highest BCUT2D eigenvalue weighted by atomic mass is 32.2. The molecule has 7 rings (SSSR count). The molecule has 0 fully saturated rings. The highest BCUT2D eigenvalue weighted by Gasteiger charge is 2.38. The molecule has 0 unspecified atom stereocenters. The molecule has 0 saturated carbocycles. The zero-order chi connectivity index (χ0) is 44.0. The number of para-hydroxylation sites is 1. The second-order valence-electron chi connectivity index (χ2n) is 13.9.